The van der Waals surface area contributed by atoms with Gasteiger partial charge in [0, 0.05) is 49.4 Å². The third kappa shape index (κ3) is 5.02. The number of hydrogen-bond donors (Lipinski definition) is 0. The summed E-state index contributed by atoms with van der Waals surface area (Å²) in [6.45, 7) is 5.74. The van der Waals surface area contributed by atoms with Crippen LogP contribution in [0.25, 0.3) is 0 Å². The minimum Gasteiger partial charge on any atom is -0.439 e. The van der Waals surface area contributed by atoms with E-state index in [4.69, 9.17) is 16.3 Å². The van der Waals surface area contributed by atoms with E-state index in [9.17, 15) is 4.39 Å². The van der Waals surface area contributed by atoms with E-state index in [0.717, 1.165) is 37.0 Å². The number of rotatable bonds is 5. The minimum absolute atomic E-state index is 0.345. The number of aromatic nitrogens is 2. The second-order valence-corrected chi connectivity index (χ2v) is 7.60. The Bertz CT molecular complexity index is 969. The monoisotopic (exact) mass is 412 g/mol. The first-order valence-electron chi connectivity index (χ1n) is 9.56. The van der Waals surface area contributed by atoms with Gasteiger partial charge in [-0.1, -0.05) is 29.8 Å². The van der Waals surface area contributed by atoms with E-state index >= 15 is 0 Å². The molecule has 1 atom stereocenters. The largest absolute Gasteiger partial charge is 0.439 e. The van der Waals surface area contributed by atoms with Gasteiger partial charge in [-0.2, -0.15) is 0 Å². The predicted octanol–water partition coefficient (Wildman–Crippen LogP) is 4.77. The Morgan fingerprint density at radius 1 is 1.10 bits per heavy atom. The molecule has 0 aliphatic carbocycles. The fourth-order valence-corrected chi connectivity index (χ4v) is 3.60. The van der Waals surface area contributed by atoms with Crippen LogP contribution in [0.4, 0.5) is 10.2 Å². The molecule has 7 heteroatoms. The molecule has 2 aromatic carbocycles. The summed E-state index contributed by atoms with van der Waals surface area (Å²) in [5, 5.41) is 0.756. The molecule has 2 heterocycles. The number of piperazine rings is 1. The number of benzene rings is 2. The van der Waals surface area contributed by atoms with Gasteiger partial charge in [-0.25, -0.2) is 14.4 Å². The molecule has 0 saturated carbocycles. The Hall–Kier alpha value is -2.70. The molecule has 0 N–H and O–H groups in total. The van der Waals surface area contributed by atoms with Gasteiger partial charge in [-0.05, 0) is 36.8 Å². The number of hydrogen-bond acceptors (Lipinski definition) is 5. The van der Waals surface area contributed by atoms with Gasteiger partial charge in [0.25, 0.3) is 0 Å². The Morgan fingerprint density at radius 3 is 2.69 bits per heavy atom. The lowest BCUT2D eigenvalue weighted by molar-refractivity contribution is 0.180. The molecule has 150 valence electrons. The molecule has 29 heavy (non-hydrogen) atoms. The van der Waals surface area contributed by atoms with Crippen LogP contribution in [0.2, 0.25) is 5.02 Å². The molecule has 1 unspecified atom stereocenters. The average Bonchev–Trinajstić information content (AvgIpc) is 2.71. The average molecular weight is 413 g/mol. The van der Waals surface area contributed by atoms with Gasteiger partial charge in [-0.15, -0.1) is 0 Å². The lowest BCUT2D eigenvalue weighted by atomic mass is 10.1. The van der Waals surface area contributed by atoms with Gasteiger partial charge in [0.1, 0.15) is 23.7 Å². The molecule has 0 amide bonds. The summed E-state index contributed by atoms with van der Waals surface area (Å²) < 4.78 is 19.1. The van der Waals surface area contributed by atoms with Crippen molar-refractivity contribution in [2.75, 3.05) is 24.5 Å². The van der Waals surface area contributed by atoms with Crippen molar-refractivity contribution in [1.82, 2.24) is 14.9 Å². The third-order valence-electron chi connectivity index (χ3n) is 5.03. The molecule has 0 bridgehead atoms. The fourth-order valence-electron chi connectivity index (χ4n) is 3.47. The van der Waals surface area contributed by atoms with Crippen LogP contribution in [-0.2, 0) is 6.54 Å². The van der Waals surface area contributed by atoms with Crippen molar-refractivity contribution in [2.45, 2.75) is 19.5 Å². The molecule has 3 aromatic rings. The quantitative estimate of drug-likeness (QED) is 0.603. The Morgan fingerprint density at radius 2 is 1.93 bits per heavy atom. The van der Waals surface area contributed by atoms with E-state index in [2.05, 4.69) is 38.8 Å². The molecule has 1 aliphatic rings. The highest BCUT2D eigenvalue weighted by molar-refractivity contribution is 6.30. The number of anilines is 1. The first-order chi connectivity index (χ1) is 14.1. The van der Waals surface area contributed by atoms with Gasteiger partial charge < -0.3 is 9.64 Å². The molecule has 5 nitrogen and oxygen atoms in total. The van der Waals surface area contributed by atoms with Gasteiger partial charge in [0.15, 0.2) is 0 Å². The van der Waals surface area contributed by atoms with Crippen LogP contribution in [0.1, 0.15) is 12.5 Å². The fraction of sp³-hybridized carbons (Fsp3) is 0.273. The van der Waals surface area contributed by atoms with E-state index in [-0.39, 0.29) is 5.82 Å². The van der Waals surface area contributed by atoms with Crippen molar-refractivity contribution < 1.29 is 9.13 Å². The molecule has 0 radical (unpaired) electrons. The van der Waals surface area contributed by atoms with Gasteiger partial charge in [0.05, 0.1) is 0 Å². The molecule has 0 spiro atoms. The van der Waals surface area contributed by atoms with Crippen LogP contribution < -0.4 is 9.64 Å². The van der Waals surface area contributed by atoms with Crippen LogP contribution in [0, 0.1) is 5.82 Å². The smallest absolute Gasteiger partial charge is 0.224 e. The highest BCUT2D eigenvalue weighted by Gasteiger charge is 2.25. The number of ether oxygens (including phenoxy) is 1. The van der Waals surface area contributed by atoms with Crippen LogP contribution >= 0.6 is 11.6 Å². The number of halogens is 2. The maximum Gasteiger partial charge on any atom is 0.224 e. The molecule has 1 fully saturated rings. The van der Waals surface area contributed by atoms with E-state index in [1.54, 1.807) is 18.2 Å². The first kappa shape index (κ1) is 19.6. The Labute approximate surface area is 174 Å². The van der Waals surface area contributed by atoms with Crippen LogP contribution in [0.5, 0.6) is 11.6 Å². The summed E-state index contributed by atoms with van der Waals surface area (Å²) >= 11 is 5.98. The van der Waals surface area contributed by atoms with Gasteiger partial charge >= 0.3 is 0 Å². The standard InChI is InChI=1S/C22H22ClFN4O/c1-16-13-28(10-9-27(16)14-17-5-7-18(23)8-6-17)21-12-22(26-15-25-21)29-20-4-2-3-19(24)11-20/h2-8,11-12,15-16H,9-10,13-14H2,1H3. The molecule has 1 saturated heterocycles. The normalized spacial score (nSPS) is 17.3. The third-order valence-corrected chi connectivity index (χ3v) is 5.29. The van der Waals surface area contributed by atoms with Crippen molar-refractivity contribution in [3.63, 3.8) is 0 Å². The van der Waals surface area contributed by atoms with Crippen molar-refractivity contribution in [1.29, 1.82) is 0 Å². The Kier molecular flexibility index (Phi) is 5.92. The molecule has 4 rings (SSSR count). The maximum atomic E-state index is 13.4. The Balaban J connectivity index is 1.40. The van der Waals surface area contributed by atoms with Crippen LogP contribution in [-0.4, -0.2) is 40.5 Å². The lowest BCUT2D eigenvalue weighted by Gasteiger charge is -2.40. The second kappa shape index (κ2) is 8.76. The van der Waals surface area contributed by atoms with E-state index < -0.39 is 0 Å². The molecular weight excluding hydrogens is 391 g/mol. The van der Waals surface area contributed by atoms with E-state index in [1.165, 1.54) is 24.0 Å². The van der Waals surface area contributed by atoms with Crippen molar-refractivity contribution >= 4 is 17.4 Å². The SMILES string of the molecule is CC1CN(c2cc(Oc3cccc(F)c3)ncn2)CCN1Cc1ccc(Cl)cc1. The van der Waals surface area contributed by atoms with Crippen LogP contribution in [0.15, 0.2) is 60.9 Å². The summed E-state index contributed by atoms with van der Waals surface area (Å²) in [6, 6.07) is 16.2. The highest BCUT2D eigenvalue weighted by atomic mass is 35.5. The van der Waals surface area contributed by atoms with E-state index in [0.29, 0.717) is 17.7 Å². The van der Waals surface area contributed by atoms with Crippen LogP contribution in [0.3, 0.4) is 0 Å². The summed E-state index contributed by atoms with van der Waals surface area (Å²) in [5.74, 6) is 1.28. The number of nitrogens with zero attached hydrogens (tertiary/aromatic N) is 4. The zero-order valence-electron chi connectivity index (χ0n) is 16.1. The predicted molar refractivity (Wildman–Crippen MR) is 112 cm³/mol. The van der Waals surface area contributed by atoms with E-state index in [1.807, 2.05) is 12.1 Å². The first-order valence-corrected chi connectivity index (χ1v) is 9.93. The molecule has 1 aromatic heterocycles. The summed E-state index contributed by atoms with van der Waals surface area (Å²) in [6.07, 6.45) is 1.48. The van der Waals surface area contributed by atoms with Crippen molar-refractivity contribution in [3.05, 3.63) is 77.3 Å². The zero-order chi connectivity index (χ0) is 20.2. The second-order valence-electron chi connectivity index (χ2n) is 7.17. The maximum absolute atomic E-state index is 13.4. The summed E-state index contributed by atoms with van der Waals surface area (Å²) in [4.78, 5) is 13.2. The molecular formula is C22H22ClFN4O. The van der Waals surface area contributed by atoms with Crippen molar-refractivity contribution in [2.24, 2.45) is 0 Å². The summed E-state index contributed by atoms with van der Waals surface area (Å²) in [7, 11) is 0. The van der Waals surface area contributed by atoms with Crippen molar-refractivity contribution in [3.8, 4) is 11.6 Å². The minimum atomic E-state index is -0.345. The van der Waals surface area contributed by atoms with Gasteiger partial charge in [-0.3, -0.25) is 4.90 Å². The van der Waals surface area contributed by atoms with Gasteiger partial charge in [0.2, 0.25) is 5.88 Å². The molecule has 1 aliphatic heterocycles. The lowest BCUT2D eigenvalue weighted by Crippen LogP contribution is -2.51. The topological polar surface area (TPSA) is 41.5 Å². The zero-order valence-corrected chi connectivity index (χ0v) is 16.9. The summed E-state index contributed by atoms with van der Waals surface area (Å²) in [5.41, 5.74) is 1.25. The highest BCUT2D eigenvalue weighted by Crippen LogP contribution is 2.25.